The third kappa shape index (κ3) is 3.49. The van der Waals surface area contributed by atoms with Crippen molar-refractivity contribution in [3.8, 4) is 11.8 Å². The number of rotatable bonds is 2. The number of nitrogens with one attached hydrogen (secondary N) is 1. The molecule has 18 heavy (non-hydrogen) atoms. The Bertz CT molecular complexity index is 486. The van der Waals surface area contributed by atoms with Crippen LogP contribution in [0.1, 0.15) is 12.1 Å². The van der Waals surface area contributed by atoms with E-state index in [4.69, 9.17) is 5.73 Å². The molecule has 0 aromatic carbocycles. The van der Waals surface area contributed by atoms with Crippen LogP contribution in [0.5, 0.6) is 0 Å². The normalized spacial score (nSPS) is 17.9. The second-order valence-corrected chi connectivity index (χ2v) is 5.11. The van der Waals surface area contributed by atoms with Crippen LogP contribution in [-0.2, 0) is 4.79 Å². The SMILES string of the molecule is NCC#Cc1cccc(NC(=O)C2CCSC2)n1. The summed E-state index contributed by atoms with van der Waals surface area (Å²) < 4.78 is 0. The number of thioether (sulfide) groups is 1. The first-order valence-electron chi connectivity index (χ1n) is 5.84. The summed E-state index contributed by atoms with van der Waals surface area (Å²) in [6.07, 6.45) is 0.948. The number of nitrogens with zero attached hydrogens (tertiary/aromatic N) is 1. The van der Waals surface area contributed by atoms with Crippen molar-refractivity contribution in [2.75, 3.05) is 23.4 Å². The molecule has 0 aliphatic carbocycles. The predicted molar refractivity (Wildman–Crippen MR) is 74.2 cm³/mol. The van der Waals surface area contributed by atoms with Gasteiger partial charge < -0.3 is 11.1 Å². The predicted octanol–water partition coefficient (Wildman–Crippen LogP) is 1.08. The lowest BCUT2D eigenvalue weighted by atomic mass is 10.1. The van der Waals surface area contributed by atoms with E-state index in [1.54, 1.807) is 12.1 Å². The molecule has 94 valence electrons. The Morgan fingerprint density at radius 2 is 2.50 bits per heavy atom. The lowest BCUT2D eigenvalue weighted by Gasteiger charge is -2.08. The van der Waals surface area contributed by atoms with Crippen molar-refractivity contribution in [3.63, 3.8) is 0 Å². The van der Waals surface area contributed by atoms with Gasteiger partial charge >= 0.3 is 0 Å². The van der Waals surface area contributed by atoms with Crippen LogP contribution < -0.4 is 11.1 Å². The summed E-state index contributed by atoms with van der Waals surface area (Å²) in [5.41, 5.74) is 5.93. The van der Waals surface area contributed by atoms with E-state index in [0.717, 1.165) is 17.9 Å². The number of hydrogen-bond donors (Lipinski definition) is 2. The summed E-state index contributed by atoms with van der Waals surface area (Å²) in [6.45, 7) is 0.303. The molecule has 1 aromatic rings. The Labute approximate surface area is 111 Å². The average Bonchev–Trinajstić information content (AvgIpc) is 2.91. The van der Waals surface area contributed by atoms with Crippen LogP contribution >= 0.6 is 11.8 Å². The Hall–Kier alpha value is -1.51. The topological polar surface area (TPSA) is 68.0 Å². The molecule has 1 aliphatic rings. The lowest BCUT2D eigenvalue weighted by Crippen LogP contribution is -2.22. The monoisotopic (exact) mass is 261 g/mol. The van der Waals surface area contributed by atoms with Gasteiger partial charge in [-0.1, -0.05) is 12.0 Å². The first kappa shape index (κ1) is 12.9. The highest BCUT2D eigenvalue weighted by Gasteiger charge is 2.23. The van der Waals surface area contributed by atoms with Crippen molar-refractivity contribution >= 4 is 23.5 Å². The minimum atomic E-state index is 0.0523. The van der Waals surface area contributed by atoms with E-state index >= 15 is 0 Å². The first-order valence-corrected chi connectivity index (χ1v) is 6.99. The third-order valence-corrected chi connectivity index (χ3v) is 3.78. The summed E-state index contributed by atoms with van der Waals surface area (Å²) >= 11 is 1.82. The van der Waals surface area contributed by atoms with Gasteiger partial charge in [0.1, 0.15) is 11.5 Å². The van der Waals surface area contributed by atoms with Crippen molar-refractivity contribution in [2.24, 2.45) is 11.7 Å². The highest BCUT2D eigenvalue weighted by Crippen LogP contribution is 2.24. The van der Waals surface area contributed by atoms with Gasteiger partial charge in [-0.25, -0.2) is 4.98 Å². The molecule has 0 spiro atoms. The van der Waals surface area contributed by atoms with Gasteiger partial charge in [-0.05, 0) is 30.2 Å². The molecule has 1 unspecified atom stereocenters. The maximum Gasteiger partial charge on any atom is 0.229 e. The van der Waals surface area contributed by atoms with Crippen molar-refractivity contribution in [2.45, 2.75) is 6.42 Å². The van der Waals surface area contributed by atoms with E-state index in [2.05, 4.69) is 22.1 Å². The van der Waals surface area contributed by atoms with E-state index in [1.807, 2.05) is 17.8 Å². The van der Waals surface area contributed by atoms with Crippen molar-refractivity contribution in [1.82, 2.24) is 4.98 Å². The molecule has 0 bridgehead atoms. The fourth-order valence-corrected chi connectivity index (χ4v) is 2.91. The summed E-state index contributed by atoms with van der Waals surface area (Å²) in [5.74, 6) is 8.27. The van der Waals surface area contributed by atoms with Gasteiger partial charge in [-0.2, -0.15) is 11.8 Å². The Kier molecular flexibility index (Phi) is 4.62. The van der Waals surface area contributed by atoms with Crippen molar-refractivity contribution in [3.05, 3.63) is 23.9 Å². The summed E-state index contributed by atoms with van der Waals surface area (Å²) in [4.78, 5) is 16.2. The molecule has 5 heteroatoms. The molecule has 1 aliphatic heterocycles. The Morgan fingerprint density at radius 3 is 3.22 bits per heavy atom. The van der Waals surface area contributed by atoms with Crippen molar-refractivity contribution < 1.29 is 4.79 Å². The van der Waals surface area contributed by atoms with Crippen LogP contribution in [0.4, 0.5) is 5.82 Å². The highest BCUT2D eigenvalue weighted by atomic mass is 32.2. The lowest BCUT2D eigenvalue weighted by molar-refractivity contribution is -0.119. The fraction of sp³-hybridized carbons (Fsp3) is 0.385. The number of carbonyl (C=O) groups is 1. The fourth-order valence-electron chi connectivity index (χ4n) is 1.69. The van der Waals surface area contributed by atoms with Gasteiger partial charge in [-0.15, -0.1) is 0 Å². The molecule has 2 rings (SSSR count). The van der Waals surface area contributed by atoms with Crippen LogP contribution in [0.15, 0.2) is 18.2 Å². The Morgan fingerprint density at radius 1 is 1.61 bits per heavy atom. The van der Waals surface area contributed by atoms with E-state index in [-0.39, 0.29) is 11.8 Å². The minimum Gasteiger partial charge on any atom is -0.320 e. The Balaban J connectivity index is 2.02. The minimum absolute atomic E-state index is 0.0523. The largest absolute Gasteiger partial charge is 0.320 e. The molecule has 1 atom stereocenters. The van der Waals surface area contributed by atoms with E-state index in [1.165, 1.54) is 0 Å². The van der Waals surface area contributed by atoms with Crippen molar-refractivity contribution in [1.29, 1.82) is 0 Å². The van der Waals surface area contributed by atoms with Crippen LogP contribution in [0, 0.1) is 17.8 Å². The molecular weight excluding hydrogens is 246 g/mol. The molecule has 1 amide bonds. The maximum atomic E-state index is 11.9. The number of hydrogen-bond acceptors (Lipinski definition) is 4. The first-order chi connectivity index (χ1) is 8.79. The molecule has 1 fully saturated rings. The number of carbonyl (C=O) groups excluding carboxylic acids is 1. The van der Waals surface area contributed by atoms with Crippen LogP contribution in [0.25, 0.3) is 0 Å². The second-order valence-electron chi connectivity index (χ2n) is 3.96. The van der Waals surface area contributed by atoms with Gasteiger partial charge in [0.25, 0.3) is 0 Å². The molecule has 0 saturated carbocycles. The van der Waals surface area contributed by atoms with Gasteiger partial charge in [-0.3, -0.25) is 4.79 Å². The average molecular weight is 261 g/mol. The quantitative estimate of drug-likeness (QED) is 0.782. The standard InChI is InChI=1S/C13H15N3OS/c14-7-2-4-11-3-1-5-12(15-11)16-13(17)10-6-8-18-9-10/h1,3,5,10H,6-9,14H2,(H,15,16,17). The third-order valence-electron chi connectivity index (χ3n) is 2.62. The molecule has 2 heterocycles. The van der Waals surface area contributed by atoms with E-state index in [9.17, 15) is 4.79 Å². The van der Waals surface area contributed by atoms with Crippen LogP contribution in [0.2, 0.25) is 0 Å². The smallest absolute Gasteiger partial charge is 0.229 e. The van der Waals surface area contributed by atoms with Gasteiger partial charge in [0.05, 0.1) is 6.54 Å². The zero-order valence-corrected chi connectivity index (χ0v) is 10.8. The van der Waals surface area contributed by atoms with Crippen LogP contribution in [-0.4, -0.2) is 28.9 Å². The summed E-state index contributed by atoms with van der Waals surface area (Å²) in [7, 11) is 0. The highest BCUT2D eigenvalue weighted by molar-refractivity contribution is 7.99. The molecule has 1 aromatic heterocycles. The molecule has 4 nitrogen and oxygen atoms in total. The molecule has 0 radical (unpaired) electrons. The summed E-state index contributed by atoms with van der Waals surface area (Å²) in [6, 6.07) is 5.39. The van der Waals surface area contributed by atoms with Gasteiger partial charge in [0.15, 0.2) is 0 Å². The van der Waals surface area contributed by atoms with Crippen LogP contribution in [0.3, 0.4) is 0 Å². The number of pyridine rings is 1. The molecular formula is C13H15N3OS. The number of nitrogens with two attached hydrogens (primary N) is 1. The number of anilines is 1. The zero-order valence-electron chi connectivity index (χ0n) is 9.98. The maximum absolute atomic E-state index is 11.9. The second kappa shape index (κ2) is 6.43. The van der Waals surface area contributed by atoms with Gasteiger partial charge in [0.2, 0.25) is 5.91 Å². The van der Waals surface area contributed by atoms with E-state index in [0.29, 0.717) is 18.1 Å². The number of aromatic nitrogens is 1. The zero-order chi connectivity index (χ0) is 12.8. The number of amides is 1. The summed E-state index contributed by atoms with van der Waals surface area (Å²) in [5, 5.41) is 2.84. The van der Waals surface area contributed by atoms with Gasteiger partial charge in [0, 0.05) is 11.7 Å². The molecule has 1 saturated heterocycles. The van der Waals surface area contributed by atoms with E-state index < -0.39 is 0 Å². The molecule has 3 N–H and O–H groups in total.